The van der Waals surface area contributed by atoms with Gasteiger partial charge in [0.2, 0.25) is 5.91 Å². The summed E-state index contributed by atoms with van der Waals surface area (Å²) in [6.45, 7) is 19.6. The molecule has 0 unspecified atom stereocenters. The number of ether oxygens (including phenoxy) is 4. The fourth-order valence-corrected chi connectivity index (χ4v) is 12.8. The van der Waals surface area contributed by atoms with Crippen LogP contribution in [0.25, 0.3) is 0 Å². The van der Waals surface area contributed by atoms with Crippen molar-refractivity contribution >= 4 is 11.9 Å². The van der Waals surface area contributed by atoms with Crippen molar-refractivity contribution in [1.29, 1.82) is 0 Å². The van der Waals surface area contributed by atoms with E-state index in [1.807, 2.05) is 4.90 Å². The first-order valence-electron chi connectivity index (χ1n) is 18.2. The summed E-state index contributed by atoms with van der Waals surface area (Å²) < 4.78 is 25.0. The quantitative estimate of drug-likeness (QED) is 0.380. The van der Waals surface area contributed by atoms with Crippen molar-refractivity contribution in [3.05, 3.63) is 18.1 Å². The standard InChI is InChI=1S/C38H58NO8/c1-21-18-24(32(34(6,7)43)45-23(3)41)46-30-29(21)35(8)14-15-38-20-37(38)13-12-27(47-28-19-39(22(2)40)16-17-44-28)33(4,5)25(37)10-11-26(38)36(35,9)31(30)42/h21,25,27-29,31-32,42-43H,10-20H2,1-9H3/t21-,25+,27+,28+,29+,31+,32+,35-,36-,37-,38+/m1/s1. The summed E-state index contributed by atoms with van der Waals surface area (Å²) in [6.07, 6.45) is 7.36. The molecule has 2 saturated heterocycles. The van der Waals surface area contributed by atoms with Gasteiger partial charge in [-0.05, 0) is 105 Å². The van der Waals surface area contributed by atoms with Crippen LogP contribution in [-0.2, 0) is 28.5 Å². The molecule has 1 amide bonds. The first-order chi connectivity index (χ1) is 21.8. The van der Waals surface area contributed by atoms with E-state index < -0.39 is 29.2 Å². The molecular formula is C38H58NO8. The number of carbonyl (C=O) groups is 2. The third-order valence-electron chi connectivity index (χ3n) is 15.0. The van der Waals surface area contributed by atoms with Crippen molar-refractivity contribution in [3.8, 4) is 0 Å². The Morgan fingerprint density at radius 3 is 2.47 bits per heavy atom. The van der Waals surface area contributed by atoms with Crippen molar-refractivity contribution in [1.82, 2.24) is 4.90 Å². The summed E-state index contributed by atoms with van der Waals surface area (Å²) in [5, 5.41) is 23.5. The number of hydrogen-bond acceptors (Lipinski definition) is 8. The van der Waals surface area contributed by atoms with Gasteiger partial charge in [0.15, 0.2) is 12.4 Å². The van der Waals surface area contributed by atoms with Gasteiger partial charge in [-0.1, -0.05) is 34.6 Å². The largest absolute Gasteiger partial charge is 0.456 e. The Morgan fingerprint density at radius 2 is 1.81 bits per heavy atom. The molecule has 7 fully saturated rings. The van der Waals surface area contributed by atoms with Crippen LogP contribution in [-0.4, -0.2) is 76.9 Å². The molecule has 11 atom stereocenters. The van der Waals surface area contributed by atoms with Crippen molar-refractivity contribution in [3.63, 3.8) is 0 Å². The number of aliphatic hydroxyl groups is 2. The topological polar surface area (TPSA) is 115 Å². The van der Waals surface area contributed by atoms with Crippen LogP contribution in [0.1, 0.15) is 114 Å². The Bertz CT molecular complexity index is 1280. The molecule has 5 saturated carbocycles. The minimum Gasteiger partial charge on any atom is -0.456 e. The summed E-state index contributed by atoms with van der Waals surface area (Å²) in [7, 11) is 0. The number of rotatable bonds is 5. The Labute approximate surface area is 281 Å². The number of morpholine rings is 1. The number of nitrogens with zero attached hydrogens (tertiary/aromatic N) is 1. The number of esters is 1. The fourth-order valence-electron chi connectivity index (χ4n) is 12.8. The van der Waals surface area contributed by atoms with Crippen molar-refractivity contribution in [2.24, 2.45) is 44.8 Å². The second-order valence-corrected chi connectivity index (χ2v) is 18.0. The van der Waals surface area contributed by atoms with E-state index in [0.29, 0.717) is 44.2 Å². The number of amides is 1. The molecule has 5 aliphatic carbocycles. The van der Waals surface area contributed by atoms with E-state index in [4.69, 9.17) is 18.9 Å². The van der Waals surface area contributed by atoms with E-state index in [9.17, 15) is 19.8 Å². The van der Waals surface area contributed by atoms with E-state index in [1.54, 1.807) is 26.7 Å². The summed E-state index contributed by atoms with van der Waals surface area (Å²) in [5.41, 5.74) is -1.61. The highest BCUT2D eigenvalue weighted by Gasteiger charge is 2.85. The number of hydrogen-bond donors (Lipinski definition) is 2. The zero-order valence-electron chi connectivity index (χ0n) is 30.1. The minimum absolute atomic E-state index is 0.0435. The van der Waals surface area contributed by atoms with Gasteiger partial charge in [-0.25, -0.2) is 0 Å². The molecule has 2 spiro atoms. The van der Waals surface area contributed by atoms with Gasteiger partial charge in [0.1, 0.15) is 12.2 Å². The lowest BCUT2D eigenvalue weighted by molar-refractivity contribution is -0.242. The summed E-state index contributed by atoms with van der Waals surface area (Å²) >= 11 is 0. The van der Waals surface area contributed by atoms with Gasteiger partial charge in [0, 0.05) is 31.7 Å². The Hall–Kier alpha value is -1.26. The van der Waals surface area contributed by atoms with Crippen LogP contribution in [0.4, 0.5) is 0 Å². The predicted molar refractivity (Wildman–Crippen MR) is 173 cm³/mol. The van der Waals surface area contributed by atoms with Gasteiger partial charge in [-0.15, -0.1) is 0 Å². The highest BCUT2D eigenvalue weighted by Crippen LogP contribution is 2.90. The lowest BCUT2D eigenvalue weighted by Gasteiger charge is -2.63. The van der Waals surface area contributed by atoms with Crippen LogP contribution in [0, 0.1) is 63.0 Å². The van der Waals surface area contributed by atoms with E-state index in [0.717, 1.165) is 38.5 Å². The SMILES string of the molecule is CC(=O)O[C@@H]([C]1C[C@@H](C)[C@H]2[C](O1)[C@H](O)[C@@]1(C)[C]3CC[C@H]4C(C)(C)[C@@H](O[C@H]5CN(C(C)=O)CCO5)CC[C@@]45C[C@@]35CC[C@]21C)C(C)(C)O. The lowest BCUT2D eigenvalue weighted by Crippen LogP contribution is -2.59. The Kier molecular flexibility index (Phi) is 7.91. The third kappa shape index (κ3) is 4.64. The van der Waals surface area contributed by atoms with Crippen LogP contribution >= 0.6 is 0 Å². The molecule has 2 aliphatic heterocycles. The van der Waals surface area contributed by atoms with E-state index in [2.05, 4.69) is 34.6 Å². The average molecular weight is 657 g/mol. The summed E-state index contributed by atoms with van der Waals surface area (Å²) in [6, 6.07) is 0. The molecule has 7 rings (SSSR count). The van der Waals surface area contributed by atoms with Crippen molar-refractivity contribution < 1.29 is 38.7 Å². The molecule has 3 radical (unpaired) electrons. The molecule has 9 heteroatoms. The Balaban J connectivity index is 1.13. The van der Waals surface area contributed by atoms with E-state index in [-0.39, 0.29) is 51.8 Å². The molecule has 47 heavy (non-hydrogen) atoms. The number of aliphatic hydroxyl groups excluding tert-OH is 1. The first kappa shape index (κ1) is 34.2. The Morgan fingerprint density at radius 1 is 1.09 bits per heavy atom. The molecule has 0 aromatic heterocycles. The lowest BCUT2D eigenvalue weighted by atomic mass is 9.41. The van der Waals surface area contributed by atoms with Crippen molar-refractivity contribution in [2.45, 2.75) is 144 Å². The zero-order chi connectivity index (χ0) is 34.1. The van der Waals surface area contributed by atoms with Crippen LogP contribution in [0.15, 0.2) is 0 Å². The smallest absolute Gasteiger partial charge is 0.303 e. The highest BCUT2D eigenvalue weighted by atomic mass is 16.7. The van der Waals surface area contributed by atoms with Gasteiger partial charge < -0.3 is 34.1 Å². The van der Waals surface area contributed by atoms with Crippen molar-refractivity contribution in [2.75, 3.05) is 19.7 Å². The molecular weight excluding hydrogens is 598 g/mol. The number of fused-ring (bicyclic) bond motifs is 4. The molecule has 9 nitrogen and oxygen atoms in total. The van der Waals surface area contributed by atoms with Gasteiger partial charge >= 0.3 is 5.97 Å². The minimum atomic E-state index is -1.32. The maximum Gasteiger partial charge on any atom is 0.303 e. The van der Waals surface area contributed by atoms with Gasteiger partial charge in [0.25, 0.3) is 0 Å². The highest BCUT2D eigenvalue weighted by molar-refractivity contribution is 5.73. The molecule has 0 aromatic rings. The number of carbonyl (C=O) groups excluding carboxylic acids is 2. The van der Waals surface area contributed by atoms with Crippen LogP contribution in [0.2, 0.25) is 0 Å². The molecule has 0 aromatic carbocycles. The molecule has 0 bridgehead atoms. The second-order valence-electron chi connectivity index (χ2n) is 18.0. The average Bonchev–Trinajstić information content (AvgIpc) is 3.61. The molecule has 2 N–H and O–H groups in total. The molecule has 2 heterocycles. The summed E-state index contributed by atoms with van der Waals surface area (Å²) in [5.74, 6) is 1.92. The second kappa shape index (κ2) is 10.9. The van der Waals surface area contributed by atoms with Gasteiger partial charge in [0.05, 0.1) is 31.0 Å². The van der Waals surface area contributed by atoms with E-state index >= 15 is 0 Å². The van der Waals surface area contributed by atoms with Gasteiger partial charge in [-0.2, -0.15) is 0 Å². The maximum absolute atomic E-state index is 12.5. The molecule has 263 valence electrons. The maximum atomic E-state index is 12.5. The van der Waals surface area contributed by atoms with Gasteiger partial charge in [-0.3, -0.25) is 9.59 Å². The van der Waals surface area contributed by atoms with Crippen LogP contribution in [0.3, 0.4) is 0 Å². The fraction of sp³-hybridized carbons (Fsp3) is 0.868. The van der Waals surface area contributed by atoms with Crippen LogP contribution in [0.5, 0.6) is 0 Å². The summed E-state index contributed by atoms with van der Waals surface area (Å²) in [4.78, 5) is 25.9. The normalized spacial score (nSPS) is 47.2. The van der Waals surface area contributed by atoms with Crippen LogP contribution < -0.4 is 0 Å². The zero-order valence-corrected chi connectivity index (χ0v) is 30.1. The van der Waals surface area contributed by atoms with E-state index in [1.165, 1.54) is 13.3 Å². The first-order valence-corrected chi connectivity index (χ1v) is 18.2. The molecule has 7 aliphatic rings. The third-order valence-corrected chi connectivity index (χ3v) is 15.0. The monoisotopic (exact) mass is 656 g/mol. The predicted octanol–water partition coefficient (Wildman–Crippen LogP) is 5.38.